The molecule has 1 aromatic rings. The third-order valence-electron chi connectivity index (χ3n) is 6.40. The van der Waals surface area contributed by atoms with Gasteiger partial charge in [-0.3, -0.25) is 30.2 Å². The summed E-state index contributed by atoms with van der Waals surface area (Å²) < 4.78 is 8.21. The zero-order valence-corrected chi connectivity index (χ0v) is 22.7. The number of quaternary nitrogens is 1. The summed E-state index contributed by atoms with van der Waals surface area (Å²) in [6.45, 7) is 6.09. The largest absolute Gasteiger partial charge is 0.547 e. The number of carboxylic acids is 1. The van der Waals surface area contributed by atoms with Gasteiger partial charge in [0.15, 0.2) is 12.3 Å². The summed E-state index contributed by atoms with van der Waals surface area (Å²) in [6, 6.07) is -1.41. The van der Waals surface area contributed by atoms with Gasteiger partial charge in [-0.2, -0.15) is 4.98 Å². The Morgan fingerprint density at radius 2 is 1.90 bits per heavy atom. The van der Waals surface area contributed by atoms with E-state index >= 15 is 0 Å². The highest BCUT2D eigenvalue weighted by atomic mass is 16.5. The fraction of sp³-hybridized carbons (Fsp3) is 0.583. The van der Waals surface area contributed by atoms with Crippen LogP contribution in [0.25, 0.3) is 0 Å². The van der Waals surface area contributed by atoms with E-state index in [9.17, 15) is 24.3 Å². The van der Waals surface area contributed by atoms with E-state index in [1.807, 2.05) is 13.8 Å². The van der Waals surface area contributed by atoms with Crippen molar-refractivity contribution in [3.05, 3.63) is 34.9 Å². The molecular weight excluding hydrogens is 510 g/mol. The van der Waals surface area contributed by atoms with Gasteiger partial charge in [0.2, 0.25) is 5.91 Å². The van der Waals surface area contributed by atoms with Crippen molar-refractivity contribution in [2.45, 2.75) is 64.1 Å². The SMILES string of the molecule is CC(C)C[C@H]([NH3+])C(=O)N[C@H](C(=O)N[C@H]1C=C[C@H](n2ccc(N)nc2=O)O[C@@H]1C(=O)[O-])C(C)CC[N+](C)=C(N)N. The topological polar surface area (TPSA) is 251 Å². The molecule has 0 saturated carbocycles. The summed E-state index contributed by atoms with van der Waals surface area (Å²) in [5.41, 5.74) is 19.9. The first kappa shape index (κ1) is 31.2. The predicted octanol–water partition coefficient (Wildman–Crippen LogP) is -4.40. The Balaban J connectivity index is 2.27. The molecule has 2 heterocycles. The van der Waals surface area contributed by atoms with E-state index in [4.69, 9.17) is 21.9 Å². The van der Waals surface area contributed by atoms with Crippen LogP contribution in [-0.2, 0) is 19.1 Å². The molecule has 0 saturated heterocycles. The normalized spacial score (nSPS) is 21.0. The number of hydrogen-bond acceptors (Lipinski definition) is 8. The van der Waals surface area contributed by atoms with E-state index in [0.29, 0.717) is 19.4 Å². The van der Waals surface area contributed by atoms with Crippen LogP contribution in [0.5, 0.6) is 0 Å². The van der Waals surface area contributed by atoms with Crippen LogP contribution in [0.15, 0.2) is 29.2 Å². The zero-order valence-electron chi connectivity index (χ0n) is 22.7. The number of carbonyl (C=O) groups is 3. The summed E-state index contributed by atoms with van der Waals surface area (Å²) in [6.07, 6.45) is 2.29. The number of carboxylic acid groups (broad SMARTS) is 1. The lowest BCUT2D eigenvalue weighted by Gasteiger charge is -2.35. The monoisotopic (exact) mass is 550 g/mol. The van der Waals surface area contributed by atoms with E-state index in [-0.39, 0.29) is 17.7 Å². The zero-order chi connectivity index (χ0) is 29.4. The molecule has 1 aliphatic heterocycles. The highest BCUT2D eigenvalue weighted by Gasteiger charge is 2.35. The second-order valence-electron chi connectivity index (χ2n) is 10.2. The van der Waals surface area contributed by atoms with Crippen LogP contribution in [0.2, 0.25) is 0 Å². The van der Waals surface area contributed by atoms with Crippen LogP contribution >= 0.6 is 0 Å². The Kier molecular flexibility index (Phi) is 11.0. The van der Waals surface area contributed by atoms with E-state index in [0.717, 1.165) is 4.57 Å². The number of anilines is 1. The molecule has 6 atom stereocenters. The fourth-order valence-corrected chi connectivity index (χ4v) is 4.06. The molecule has 0 bridgehead atoms. The number of nitrogens with one attached hydrogen (secondary N) is 2. The summed E-state index contributed by atoms with van der Waals surface area (Å²) in [7, 11) is 1.69. The molecule has 216 valence electrons. The number of amides is 2. The number of hydrogen-bond donors (Lipinski definition) is 6. The van der Waals surface area contributed by atoms with Gasteiger partial charge in [-0.15, -0.1) is 0 Å². The number of carbonyl (C=O) groups excluding carboxylic acids is 3. The lowest BCUT2D eigenvalue weighted by atomic mass is 9.95. The predicted molar refractivity (Wildman–Crippen MR) is 139 cm³/mol. The Hall–Kier alpha value is -3.98. The molecule has 15 nitrogen and oxygen atoms in total. The molecule has 0 aromatic carbocycles. The number of nitrogens with zero attached hydrogens (tertiary/aromatic N) is 3. The summed E-state index contributed by atoms with van der Waals surface area (Å²) in [4.78, 5) is 54.0. The van der Waals surface area contributed by atoms with Crippen molar-refractivity contribution < 1.29 is 34.5 Å². The Bertz CT molecular complexity index is 1160. The van der Waals surface area contributed by atoms with Gasteiger partial charge in [0, 0.05) is 12.6 Å². The molecule has 15 heteroatoms. The Morgan fingerprint density at radius 1 is 1.23 bits per heavy atom. The molecule has 2 amide bonds. The van der Waals surface area contributed by atoms with Gasteiger partial charge in [0.05, 0.1) is 25.6 Å². The number of nitrogen functional groups attached to an aromatic ring is 1. The minimum Gasteiger partial charge on any atom is -0.547 e. The van der Waals surface area contributed by atoms with Gasteiger partial charge in [0.25, 0.3) is 5.91 Å². The van der Waals surface area contributed by atoms with Crippen LogP contribution in [0.3, 0.4) is 0 Å². The second kappa shape index (κ2) is 13.7. The van der Waals surface area contributed by atoms with Gasteiger partial charge >= 0.3 is 11.6 Å². The van der Waals surface area contributed by atoms with Crippen molar-refractivity contribution in [2.75, 3.05) is 19.3 Å². The maximum Gasteiger partial charge on any atom is 0.351 e. The standard InChI is InChI=1S/C24H39N9O6/c1-12(2)11-14(25)20(34)31-18(13(3)7-9-32(4)23(27)28)21(35)29-15-5-6-17(39-19(15)22(36)37)33-10-8-16(26)30-24(33)38/h5-6,8,10,12-15,17-19H,7,9,11,25H2,1-4H3,(H8,26,27,28,29,30,31,34,35,36,37,38)/p+1/t13?,14-,15-,17+,18-,19-/m0/s1. The first-order valence-electron chi connectivity index (χ1n) is 12.6. The lowest BCUT2D eigenvalue weighted by molar-refractivity contribution is -0.500. The van der Waals surface area contributed by atoms with Crippen LogP contribution < -0.4 is 44.4 Å². The number of ether oxygens (including phenoxy) is 1. The second-order valence-corrected chi connectivity index (χ2v) is 10.2. The van der Waals surface area contributed by atoms with Gasteiger partial charge in [-0.1, -0.05) is 26.8 Å². The smallest absolute Gasteiger partial charge is 0.351 e. The van der Waals surface area contributed by atoms with Gasteiger partial charge in [-0.25, -0.2) is 4.79 Å². The number of aliphatic carboxylic acids is 1. The molecule has 1 aromatic heterocycles. The number of aromatic nitrogens is 2. The lowest BCUT2D eigenvalue weighted by Crippen LogP contribution is -2.70. The molecular formula is C24H40N9O6+. The molecule has 2 rings (SSSR count). The maximum absolute atomic E-state index is 13.4. The quantitative estimate of drug-likeness (QED) is 0.0630. The number of rotatable bonds is 12. The molecule has 39 heavy (non-hydrogen) atoms. The van der Waals surface area contributed by atoms with Crippen molar-refractivity contribution in [1.82, 2.24) is 20.2 Å². The number of nitrogens with two attached hydrogens (primary N) is 3. The van der Waals surface area contributed by atoms with Gasteiger partial charge in [-0.05, 0) is 30.4 Å². The Morgan fingerprint density at radius 3 is 2.46 bits per heavy atom. The van der Waals surface area contributed by atoms with Crippen molar-refractivity contribution in [3.8, 4) is 0 Å². The summed E-state index contributed by atoms with van der Waals surface area (Å²) in [5.74, 6) is -2.73. The third kappa shape index (κ3) is 8.78. The van der Waals surface area contributed by atoms with E-state index in [2.05, 4.69) is 21.4 Å². The van der Waals surface area contributed by atoms with Crippen LogP contribution in [0.1, 0.15) is 39.8 Å². The molecule has 0 spiro atoms. The third-order valence-corrected chi connectivity index (χ3v) is 6.40. The molecule has 0 aliphatic carbocycles. The highest BCUT2D eigenvalue weighted by Crippen LogP contribution is 2.21. The summed E-state index contributed by atoms with van der Waals surface area (Å²) in [5, 5.41) is 17.3. The Labute approximate surface area is 226 Å². The highest BCUT2D eigenvalue weighted by molar-refractivity contribution is 5.90. The van der Waals surface area contributed by atoms with E-state index in [1.54, 1.807) is 18.5 Å². The van der Waals surface area contributed by atoms with Gasteiger partial charge < -0.3 is 36.7 Å². The number of guanidine groups is 1. The fourth-order valence-electron chi connectivity index (χ4n) is 4.06. The maximum atomic E-state index is 13.4. The van der Waals surface area contributed by atoms with Crippen molar-refractivity contribution in [3.63, 3.8) is 0 Å². The molecule has 1 aliphatic rings. The van der Waals surface area contributed by atoms with Crippen molar-refractivity contribution in [1.29, 1.82) is 0 Å². The molecule has 0 fully saturated rings. The first-order chi connectivity index (χ1) is 18.2. The van der Waals surface area contributed by atoms with Crippen LogP contribution in [-0.4, -0.2) is 75.7 Å². The first-order valence-corrected chi connectivity index (χ1v) is 12.6. The van der Waals surface area contributed by atoms with E-state index in [1.165, 1.54) is 24.4 Å². The molecule has 0 radical (unpaired) electrons. The van der Waals surface area contributed by atoms with E-state index < -0.39 is 59.8 Å². The average Bonchev–Trinajstić information content (AvgIpc) is 2.85. The van der Waals surface area contributed by atoms with Crippen molar-refractivity contribution in [2.24, 2.45) is 23.3 Å². The minimum atomic E-state index is -1.64. The van der Waals surface area contributed by atoms with Crippen LogP contribution in [0, 0.1) is 11.8 Å². The minimum absolute atomic E-state index is 0.00372. The average molecular weight is 551 g/mol. The van der Waals surface area contributed by atoms with Crippen molar-refractivity contribution >= 4 is 29.6 Å². The van der Waals surface area contributed by atoms with Gasteiger partial charge in [0.1, 0.15) is 18.0 Å². The molecule has 1 unspecified atom stereocenters. The molecule has 11 N–H and O–H groups in total. The summed E-state index contributed by atoms with van der Waals surface area (Å²) >= 11 is 0. The van der Waals surface area contributed by atoms with Crippen LogP contribution in [0.4, 0.5) is 5.82 Å².